The second-order valence-corrected chi connectivity index (χ2v) is 5.53. The zero-order chi connectivity index (χ0) is 14.8. The van der Waals surface area contributed by atoms with Gasteiger partial charge in [0.25, 0.3) is 0 Å². The first-order valence-corrected chi connectivity index (χ1v) is 7.14. The molecule has 2 nitrogen and oxygen atoms in total. The summed E-state index contributed by atoms with van der Waals surface area (Å²) in [4.78, 5) is 15.2. The second-order valence-electron chi connectivity index (χ2n) is 4.66. The molecule has 0 atom stereocenters. The third kappa shape index (κ3) is 3.18. The lowest BCUT2D eigenvalue weighted by Crippen LogP contribution is -2.01. The molecule has 1 heterocycles. The lowest BCUT2D eigenvalue weighted by atomic mass is 10.1. The van der Waals surface area contributed by atoms with Gasteiger partial charge in [0.1, 0.15) is 0 Å². The van der Waals surface area contributed by atoms with Gasteiger partial charge in [-0.3, -0.25) is 4.79 Å². The maximum atomic E-state index is 11.9. The van der Waals surface area contributed by atoms with E-state index in [4.69, 9.17) is 23.2 Å². The van der Waals surface area contributed by atoms with Crippen molar-refractivity contribution >= 4 is 23.2 Å². The number of aromatic nitrogens is 1. The Kier molecular flexibility index (Phi) is 3.82. The van der Waals surface area contributed by atoms with Gasteiger partial charge in [-0.1, -0.05) is 47.5 Å². The van der Waals surface area contributed by atoms with Gasteiger partial charge in [-0.25, -0.2) is 0 Å². The van der Waals surface area contributed by atoms with E-state index in [0.29, 0.717) is 10.0 Å². The number of hydrogen-bond donors (Lipinski definition) is 1. The highest BCUT2D eigenvalue weighted by Crippen LogP contribution is 2.23. The van der Waals surface area contributed by atoms with Crippen LogP contribution in [0.2, 0.25) is 10.0 Å². The molecule has 104 valence electrons. The number of benzene rings is 2. The van der Waals surface area contributed by atoms with Gasteiger partial charge in [0.15, 0.2) is 5.43 Å². The number of H-pyrrole nitrogens is 1. The van der Waals surface area contributed by atoms with Crippen LogP contribution in [-0.4, -0.2) is 4.98 Å². The summed E-state index contributed by atoms with van der Waals surface area (Å²) in [6.45, 7) is 0. The van der Waals surface area contributed by atoms with E-state index in [1.807, 2.05) is 24.3 Å². The quantitative estimate of drug-likeness (QED) is 0.708. The molecule has 2 aromatic carbocycles. The Morgan fingerprint density at radius 1 is 0.667 bits per heavy atom. The molecule has 0 saturated heterocycles. The van der Waals surface area contributed by atoms with Crippen LogP contribution in [-0.2, 0) is 0 Å². The van der Waals surface area contributed by atoms with Crippen LogP contribution in [0.25, 0.3) is 22.5 Å². The molecule has 0 fully saturated rings. The fourth-order valence-corrected chi connectivity index (χ4v) is 2.37. The Bertz CT molecular complexity index is 754. The first kappa shape index (κ1) is 13.9. The SMILES string of the molecule is O=c1cc(-c2ccc(Cl)cc2)[nH]c(-c2ccc(Cl)cc2)c1. The monoisotopic (exact) mass is 315 g/mol. The fraction of sp³-hybridized carbons (Fsp3) is 0. The lowest BCUT2D eigenvalue weighted by Gasteiger charge is -2.07. The highest BCUT2D eigenvalue weighted by molar-refractivity contribution is 6.30. The van der Waals surface area contributed by atoms with Gasteiger partial charge in [0, 0.05) is 33.6 Å². The van der Waals surface area contributed by atoms with E-state index in [1.165, 1.54) is 0 Å². The van der Waals surface area contributed by atoms with Gasteiger partial charge in [-0.2, -0.15) is 0 Å². The summed E-state index contributed by atoms with van der Waals surface area (Å²) in [5.41, 5.74) is 3.27. The van der Waals surface area contributed by atoms with Gasteiger partial charge in [-0.15, -0.1) is 0 Å². The predicted molar refractivity (Wildman–Crippen MR) is 88.0 cm³/mol. The zero-order valence-corrected chi connectivity index (χ0v) is 12.4. The van der Waals surface area contributed by atoms with Crippen molar-refractivity contribution in [1.29, 1.82) is 0 Å². The number of halogens is 2. The summed E-state index contributed by atoms with van der Waals surface area (Å²) in [5, 5.41) is 1.32. The van der Waals surface area contributed by atoms with Crippen LogP contribution < -0.4 is 5.43 Å². The van der Waals surface area contributed by atoms with E-state index >= 15 is 0 Å². The summed E-state index contributed by atoms with van der Waals surface area (Å²) in [5.74, 6) is 0. The molecular weight excluding hydrogens is 305 g/mol. The van der Waals surface area contributed by atoms with Crippen molar-refractivity contribution in [3.8, 4) is 22.5 Å². The third-order valence-corrected chi connectivity index (χ3v) is 3.66. The normalized spacial score (nSPS) is 10.6. The molecule has 0 aliphatic heterocycles. The van der Waals surface area contributed by atoms with Crippen molar-refractivity contribution in [1.82, 2.24) is 4.98 Å². The summed E-state index contributed by atoms with van der Waals surface area (Å²) in [7, 11) is 0. The Morgan fingerprint density at radius 3 is 1.43 bits per heavy atom. The highest BCUT2D eigenvalue weighted by atomic mass is 35.5. The van der Waals surface area contributed by atoms with Crippen molar-refractivity contribution in [3.05, 3.63) is 80.9 Å². The van der Waals surface area contributed by atoms with E-state index < -0.39 is 0 Å². The fourth-order valence-electron chi connectivity index (χ4n) is 2.11. The third-order valence-electron chi connectivity index (χ3n) is 3.15. The van der Waals surface area contributed by atoms with Crippen molar-refractivity contribution < 1.29 is 0 Å². The molecule has 3 rings (SSSR count). The number of nitrogens with one attached hydrogen (secondary N) is 1. The molecule has 3 aromatic rings. The standard InChI is InChI=1S/C17H11Cl2NO/c18-13-5-1-11(2-6-13)16-9-15(21)10-17(20-16)12-3-7-14(19)8-4-12/h1-10H,(H,20,21). The molecule has 1 N–H and O–H groups in total. The van der Waals surface area contributed by atoms with Crippen molar-refractivity contribution in [3.63, 3.8) is 0 Å². The minimum absolute atomic E-state index is 0.0522. The molecule has 0 radical (unpaired) electrons. The average molecular weight is 316 g/mol. The number of rotatable bonds is 2. The lowest BCUT2D eigenvalue weighted by molar-refractivity contribution is 1.30. The molecule has 0 unspecified atom stereocenters. The smallest absolute Gasteiger partial charge is 0.182 e. The number of pyridine rings is 1. The second kappa shape index (κ2) is 5.76. The molecule has 4 heteroatoms. The first-order chi connectivity index (χ1) is 10.1. The summed E-state index contributed by atoms with van der Waals surface area (Å²) < 4.78 is 0. The van der Waals surface area contributed by atoms with Crippen LogP contribution in [0.4, 0.5) is 0 Å². The molecule has 0 bridgehead atoms. The summed E-state index contributed by atoms with van der Waals surface area (Å²) in [6, 6.07) is 17.8. The van der Waals surface area contributed by atoms with E-state index in [9.17, 15) is 4.79 Å². The predicted octanol–water partition coefficient (Wildman–Crippen LogP) is 5.02. The molecule has 0 aliphatic rings. The molecule has 0 aliphatic carbocycles. The number of hydrogen-bond acceptors (Lipinski definition) is 1. The van der Waals surface area contributed by atoms with E-state index in [0.717, 1.165) is 22.5 Å². The Balaban J connectivity index is 2.10. The molecule has 0 amide bonds. The Labute approximate surface area is 132 Å². The Hall–Kier alpha value is -2.03. The number of aromatic amines is 1. The van der Waals surface area contributed by atoms with Gasteiger partial charge in [-0.05, 0) is 35.4 Å². The molecule has 0 saturated carbocycles. The zero-order valence-electron chi connectivity index (χ0n) is 10.9. The van der Waals surface area contributed by atoms with Crippen LogP contribution in [0, 0.1) is 0 Å². The van der Waals surface area contributed by atoms with Crippen LogP contribution in [0.5, 0.6) is 0 Å². The first-order valence-electron chi connectivity index (χ1n) is 6.38. The molecule has 1 aromatic heterocycles. The van der Waals surface area contributed by atoms with Crippen molar-refractivity contribution in [2.75, 3.05) is 0 Å². The van der Waals surface area contributed by atoms with Gasteiger partial charge in [0.05, 0.1) is 0 Å². The topological polar surface area (TPSA) is 32.9 Å². The van der Waals surface area contributed by atoms with E-state index in [-0.39, 0.29) is 5.43 Å². The average Bonchev–Trinajstić information content (AvgIpc) is 2.48. The van der Waals surface area contributed by atoms with Crippen LogP contribution in [0.15, 0.2) is 65.5 Å². The van der Waals surface area contributed by atoms with Gasteiger partial charge >= 0.3 is 0 Å². The summed E-state index contributed by atoms with van der Waals surface area (Å²) in [6.07, 6.45) is 0. The molecule has 0 spiro atoms. The van der Waals surface area contributed by atoms with Crippen LogP contribution in [0.3, 0.4) is 0 Å². The van der Waals surface area contributed by atoms with Crippen LogP contribution >= 0.6 is 23.2 Å². The molecular formula is C17H11Cl2NO. The van der Waals surface area contributed by atoms with Crippen molar-refractivity contribution in [2.45, 2.75) is 0 Å². The van der Waals surface area contributed by atoms with Crippen molar-refractivity contribution in [2.24, 2.45) is 0 Å². The maximum Gasteiger partial charge on any atom is 0.182 e. The minimum atomic E-state index is -0.0522. The van der Waals surface area contributed by atoms with Crippen LogP contribution in [0.1, 0.15) is 0 Å². The maximum absolute atomic E-state index is 11.9. The largest absolute Gasteiger partial charge is 0.354 e. The molecule has 21 heavy (non-hydrogen) atoms. The van der Waals surface area contributed by atoms with Gasteiger partial charge in [0.2, 0.25) is 0 Å². The van der Waals surface area contributed by atoms with Gasteiger partial charge < -0.3 is 4.98 Å². The van der Waals surface area contributed by atoms with E-state index in [2.05, 4.69) is 4.98 Å². The summed E-state index contributed by atoms with van der Waals surface area (Å²) >= 11 is 11.8. The minimum Gasteiger partial charge on any atom is -0.354 e. The van der Waals surface area contributed by atoms with E-state index in [1.54, 1.807) is 36.4 Å². The highest BCUT2D eigenvalue weighted by Gasteiger charge is 2.04. The Morgan fingerprint density at radius 2 is 1.05 bits per heavy atom.